The van der Waals surface area contributed by atoms with Gasteiger partial charge >= 0.3 is 0 Å². The molecule has 2 bridgehead atoms. The standard InChI is InChI=1S/C16H20OS/c1-10-2-4-12(5-3-10)18-16-7-11-6-13(16)15-9-17-8-14(11)15/h2-5,11,13-16H,6-9H2,1H3/t11-,13+,14+,15+,16+/m0/s1. The van der Waals surface area contributed by atoms with E-state index in [1.807, 2.05) is 0 Å². The number of aryl methyl sites for hydroxylation is 1. The summed E-state index contributed by atoms with van der Waals surface area (Å²) in [5.41, 5.74) is 1.36. The third-order valence-electron chi connectivity index (χ3n) is 5.22. The van der Waals surface area contributed by atoms with Crippen LogP contribution >= 0.6 is 11.8 Å². The van der Waals surface area contributed by atoms with Crippen molar-refractivity contribution >= 4 is 11.8 Å². The van der Waals surface area contributed by atoms with Gasteiger partial charge in [-0.3, -0.25) is 0 Å². The molecule has 0 unspecified atom stereocenters. The van der Waals surface area contributed by atoms with E-state index in [0.717, 1.165) is 42.1 Å². The molecule has 0 aromatic heterocycles. The third-order valence-corrected chi connectivity index (χ3v) is 6.61. The molecule has 2 heteroatoms. The monoisotopic (exact) mass is 260 g/mol. The van der Waals surface area contributed by atoms with Crippen molar-refractivity contribution in [2.75, 3.05) is 13.2 Å². The van der Waals surface area contributed by atoms with Crippen LogP contribution in [0.5, 0.6) is 0 Å². The third kappa shape index (κ3) is 1.73. The van der Waals surface area contributed by atoms with Crippen LogP contribution in [-0.4, -0.2) is 18.5 Å². The Hall–Kier alpha value is -0.470. The molecule has 2 aliphatic carbocycles. The molecule has 3 aliphatic rings. The number of hydrogen-bond donors (Lipinski definition) is 0. The molecular formula is C16H20OS. The second-order valence-corrected chi connectivity index (χ2v) is 7.54. The molecule has 3 fully saturated rings. The summed E-state index contributed by atoms with van der Waals surface area (Å²) in [6.45, 7) is 4.25. The highest BCUT2D eigenvalue weighted by Crippen LogP contribution is 2.58. The van der Waals surface area contributed by atoms with Gasteiger partial charge in [0.05, 0.1) is 13.2 Å². The van der Waals surface area contributed by atoms with Crippen LogP contribution in [0.3, 0.4) is 0 Å². The zero-order valence-corrected chi connectivity index (χ0v) is 11.7. The Balaban J connectivity index is 1.49. The van der Waals surface area contributed by atoms with E-state index >= 15 is 0 Å². The number of ether oxygens (including phenoxy) is 1. The van der Waals surface area contributed by atoms with E-state index in [9.17, 15) is 0 Å². The first-order chi connectivity index (χ1) is 8.81. The van der Waals surface area contributed by atoms with Gasteiger partial charge in [0.2, 0.25) is 0 Å². The van der Waals surface area contributed by atoms with E-state index in [-0.39, 0.29) is 0 Å². The van der Waals surface area contributed by atoms with E-state index < -0.39 is 0 Å². The van der Waals surface area contributed by atoms with Gasteiger partial charge in [0.1, 0.15) is 0 Å². The van der Waals surface area contributed by atoms with Crippen LogP contribution in [0.2, 0.25) is 0 Å². The Bertz CT molecular complexity index is 441. The van der Waals surface area contributed by atoms with Crippen LogP contribution in [0, 0.1) is 30.6 Å². The normalized spacial score (nSPS) is 41.3. The fourth-order valence-corrected chi connectivity index (χ4v) is 5.79. The second-order valence-electron chi connectivity index (χ2n) is 6.23. The smallest absolute Gasteiger partial charge is 0.0501 e. The predicted octanol–water partition coefficient (Wildman–Crippen LogP) is 3.76. The van der Waals surface area contributed by atoms with E-state index in [2.05, 4.69) is 43.0 Å². The van der Waals surface area contributed by atoms with Crippen LogP contribution in [0.25, 0.3) is 0 Å². The first-order valence-corrected chi connectivity index (χ1v) is 8.00. The van der Waals surface area contributed by atoms with Gasteiger partial charge in [-0.15, -0.1) is 11.8 Å². The summed E-state index contributed by atoms with van der Waals surface area (Å²) < 4.78 is 5.70. The minimum absolute atomic E-state index is 0.848. The lowest BCUT2D eigenvalue weighted by Gasteiger charge is -2.29. The Kier molecular flexibility index (Phi) is 2.70. The van der Waals surface area contributed by atoms with Crippen molar-refractivity contribution in [3.8, 4) is 0 Å². The molecule has 1 aliphatic heterocycles. The van der Waals surface area contributed by atoms with E-state index in [0.29, 0.717) is 0 Å². The van der Waals surface area contributed by atoms with Crippen LogP contribution in [0.1, 0.15) is 18.4 Å². The molecule has 1 nitrogen and oxygen atoms in total. The van der Waals surface area contributed by atoms with Crippen molar-refractivity contribution in [1.29, 1.82) is 0 Å². The molecule has 1 aromatic carbocycles. The molecule has 2 saturated carbocycles. The Morgan fingerprint density at radius 3 is 2.61 bits per heavy atom. The van der Waals surface area contributed by atoms with Gasteiger partial charge in [-0.2, -0.15) is 0 Å². The molecule has 5 atom stereocenters. The first-order valence-electron chi connectivity index (χ1n) is 7.12. The number of thioether (sulfide) groups is 1. The summed E-state index contributed by atoms with van der Waals surface area (Å²) in [6, 6.07) is 9.04. The molecule has 4 rings (SSSR count). The summed E-state index contributed by atoms with van der Waals surface area (Å²) in [7, 11) is 0. The maximum absolute atomic E-state index is 5.70. The van der Waals surface area contributed by atoms with Gasteiger partial charge < -0.3 is 4.74 Å². The van der Waals surface area contributed by atoms with Gasteiger partial charge in [0.25, 0.3) is 0 Å². The Labute approximate surface area is 113 Å². The maximum atomic E-state index is 5.70. The topological polar surface area (TPSA) is 9.23 Å². The number of benzene rings is 1. The summed E-state index contributed by atoms with van der Waals surface area (Å²) in [6.07, 6.45) is 2.90. The minimum atomic E-state index is 0.848. The summed E-state index contributed by atoms with van der Waals surface area (Å²) in [5.74, 6) is 3.68. The molecule has 18 heavy (non-hydrogen) atoms. The lowest BCUT2D eigenvalue weighted by atomic mass is 9.81. The average molecular weight is 260 g/mol. The summed E-state index contributed by atoms with van der Waals surface area (Å²) in [4.78, 5) is 1.45. The van der Waals surface area contributed by atoms with E-state index in [4.69, 9.17) is 4.74 Å². The predicted molar refractivity (Wildman–Crippen MR) is 74.8 cm³/mol. The Morgan fingerprint density at radius 1 is 1.00 bits per heavy atom. The fourth-order valence-electron chi connectivity index (χ4n) is 4.31. The van der Waals surface area contributed by atoms with Crippen molar-refractivity contribution < 1.29 is 4.74 Å². The van der Waals surface area contributed by atoms with Crippen molar-refractivity contribution in [2.24, 2.45) is 23.7 Å². The van der Waals surface area contributed by atoms with Gasteiger partial charge in [0.15, 0.2) is 0 Å². The van der Waals surface area contributed by atoms with Crippen LogP contribution < -0.4 is 0 Å². The molecule has 0 radical (unpaired) electrons. The van der Waals surface area contributed by atoms with Crippen molar-refractivity contribution in [2.45, 2.75) is 29.9 Å². The van der Waals surface area contributed by atoms with Gasteiger partial charge in [-0.05, 0) is 55.6 Å². The molecule has 0 N–H and O–H groups in total. The van der Waals surface area contributed by atoms with Gasteiger partial charge in [0, 0.05) is 10.1 Å². The highest BCUT2D eigenvalue weighted by atomic mass is 32.2. The van der Waals surface area contributed by atoms with Crippen LogP contribution in [0.4, 0.5) is 0 Å². The van der Waals surface area contributed by atoms with Gasteiger partial charge in [-0.1, -0.05) is 17.7 Å². The number of hydrogen-bond acceptors (Lipinski definition) is 2. The highest BCUT2D eigenvalue weighted by molar-refractivity contribution is 8.00. The van der Waals surface area contributed by atoms with E-state index in [1.54, 1.807) is 0 Å². The zero-order chi connectivity index (χ0) is 12.1. The average Bonchev–Trinajstić information content (AvgIpc) is 3.03. The molecule has 1 saturated heterocycles. The molecule has 1 heterocycles. The fraction of sp³-hybridized carbons (Fsp3) is 0.625. The molecule has 0 amide bonds. The van der Waals surface area contributed by atoms with Crippen LogP contribution in [0.15, 0.2) is 29.2 Å². The van der Waals surface area contributed by atoms with Crippen molar-refractivity contribution in [3.63, 3.8) is 0 Å². The van der Waals surface area contributed by atoms with Gasteiger partial charge in [-0.25, -0.2) is 0 Å². The number of rotatable bonds is 2. The highest BCUT2D eigenvalue weighted by Gasteiger charge is 2.54. The molecule has 0 spiro atoms. The summed E-state index contributed by atoms with van der Waals surface area (Å²) in [5, 5.41) is 0.848. The molecule has 96 valence electrons. The second kappa shape index (κ2) is 4.28. The molecule has 1 aromatic rings. The SMILES string of the molecule is Cc1ccc(S[C@@H]2C[C@@H]3C[C@@H]2[C@H]2COC[C@H]32)cc1. The van der Waals surface area contributed by atoms with Crippen molar-refractivity contribution in [3.05, 3.63) is 29.8 Å². The quantitative estimate of drug-likeness (QED) is 0.801. The first kappa shape index (κ1) is 11.4. The zero-order valence-electron chi connectivity index (χ0n) is 10.8. The number of fused-ring (bicyclic) bond motifs is 5. The Morgan fingerprint density at radius 2 is 1.78 bits per heavy atom. The summed E-state index contributed by atoms with van der Waals surface area (Å²) >= 11 is 2.12. The molecular weight excluding hydrogens is 240 g/mol. The lowest BCUT2D eigenvalue weighted by molar-refractivity contribution is 0.164. The minimum Gasteiger partial charge on any atom is -0.381 e. The van der Waals surface area contributed by atoms with Crippen LogP contribution in [-0.2, 0) is 4.74 Å². The maximum Gasteiger partial charge on any atom is 0.0501 e. The largest absolute Gasteiger partial charge is 0.381 e. The van der Waals surface area contributed by atoms with Crippen molar-refractivity contribution in [1.82, 2.24) is 0 Å². The lowest BCUT2D eigenvalue weighted by Crippen LogP contribution is -2.28. The van der Waals surface area contributed by atoms with E-state index in [1.165, 1.54) is 23.3 Å².